The van der Waals surface area contributed by atoms with Gasteiger partial charge in [-0.3, -0.25) is 0 Å². The first-order valence-corrected chi connectivity index (χ1v) is 10.7. The molecule has 0 N–H and O–H groups in total. The Bertz CT molecular complexity index is 894. The molecule has 3 rings (SSSR count). The molecule has 31 heavy (non-hydrogen) atoms. The third-order valence-corrected chi connectivity index (χ3v) is 5.04. The molecule has 0 spiro atoms. The van der Waals surface area contributed by atoms with Crippen LogP contribution >= 0.6 is 0 Å². The van der Waals surface area contributed by atoms with Crippen LogP contribution in [0.25, 0.3) is 11.1 Å². The number of hydrogen-bond acceptors (Lipinski definition) is 6. The number of carboxylic acid groups (broad SMARTS) is 1. The van der Waals surface area contributed by atoms with Crippen LogP contribution in [-0.4, -0.2) is 30.6 Å². The first kappa shape index (κ1) is 25.2. The minimum atomic E-state index is -1.23. The van der Waals surface area contributed by atoms with E-state index in [1.165, 1.54) is 25.7 Å². The fourth-order valence-electron chi connectivity index (χ4n) is 3.36. The number of carbonyl (C=O) groups excluding carboxylic acids is 1. The number of fused-ring (bicyclic) bond motifs is 1. The molecule has 2 aromatic carbocycles. The van der Waals surface area contributed by atoms with Gasteiger partial charge >= 0.3 is 29.6 Å². The Balaban J connectivity index is 0.00000341. The van der Waals surface area contributed by atoms with Crippen molar-refractivity contribution in [1.29, 1.82) is 0 Å². The van der Waals surface area contributed by atoms with E-state index in [1.807, 2.05) is 36.4 Å². The first-order valence-electron chi connectivity index (χ1n) is 10.7. The number of rotatable bonds is 13. The molecule has 0 atom stereocenters. The van der Waals surface area contributed by atoms with E-state index in [-0.39, 0.29) is 29.6 Å². The van der Waals surface area contributed by atoms with Crippen LogP contribution in [0.1, 0.15) is 44.6 Å². The average molecular weight is 432 g/mol. The van der Waals surface area contributed by atoms with Crippen molar-refractivity contribution in [2.24, 2.45) is 0 Å². The summed E-state index contributed by atoms with van der Waals surface area (Å²) in [6, 6.07) is 16.0. The van der Waals surface area contributed by atoms with Crippen LogP contribution in [0.15, 0.2) is 52.9 Å². The minimum absolute atomic E-state index is 0. The third-order valence-electron chi connectivity index (χ3n) is 5.04. The molecule has 1 heterocycles. The number of carboxylic acids is 1. The Morgan fingerprint density at radius 1 is 1.03 bits per heavy atom. The summed E-state index contributed by atoms with van der Waals surface area (Å²) < 4.78 is 11.1. The molecular weight excluding hydrogens is 403 g/mol. The third kappa shape index (κ3) is 8.20. The second-order valence-electron chi connectivity index (χ2n) is 7.42. The van der Waals surface area contributed by atoms with Gasteiger partial charge in [-0.1, -0.05) is 56.9 Å². The zero-order valence-electron chi connectivity index (χ0n) is 18.5. The Morgan fingerprint density at radius 3 is 2.48 bits per heavy atom. The monoisotopic (exact) mass is 432 g/mol. The Labute approximate surface area is 205 Å². The molecule has 1 aromatic heterocycles. The Kier molecular flexibility index (Phi) is 10.9. The van der Waals surface area contributed by atoms with Gasteiger partial charge in [0.1, 0.15) is 17.9 Å². The summed E-state index contributed by atoms with van der Waals surface area (Å²) in [4.78, 5) is 17.4. The van der Waals surface area contributed by atoms with E-state index in [4.69, 9.17) is 9.15 Å². The standard InChI is InChI=1S/C24H30N2O4.Na/c1-2-3-4-5-8-16-26(24-25-21-9-6-7-10-22(21)30-24)17-15-19-11-13-20(14-12-19)29-18-23(27)28;/h6-7,9-14H,2-5,8,15-18H2,1H3,(H,27,28);/q;+1/p-1. The van der Waals surface area contributed by atoms with Gasteiger partial charge in [-0.2, -0.15) is 4.98 Å². The predicted molar refractivity (Wildman–Crippen MR) is 116 cm³/mol. The van der Waals surface area contributed by atoms with Crippen molar-refractivity contribution >= 4 is 23.1 Å². The molecule has 6 nitrogen and oxygen atoms in total. The first-order chi connectivity index (χ1) is 14.7. The number of aliphatic carboxylic acids is 1. The molecule has 0 unspecified atom stereocenters. The van der Waals surface area contributed by atoms with Crippen molar-refractivity contribution in [3.05, 3.63) is 54.1 Å². The smallest absolute Gasteiger partial charge is 0.546 e. The number of para-hydroxylation sites is 2. The summed E-state index contributed by atoms with van der Waals surface area (Å²) in [5.74, 6) is -0.707. The van der Waals surface area contributed by atoms with Crippen LogP contribution in [-0.2, 0) is 11.2 Å². The van der Waals surface area contributed by atoms with Crippen molar-refractivity contribution in [3.8, 4) is 5.75 Å². The van der Waals surface area contributed by atoms with Crippen LogP contribution < -0.4 is 44.3 Å². The number of ether oxygens (including phenoxy) is 1. The number of carbonyl (C=O) groups is 1. The van der Waals surface area contributed by atoms with Crippen molar-refractivity contribution < 1.29 is 48.6 Å². The molecule has 0 aliphatic carbocycles. The predicted octanol–water partition coefficient (Wildman–Crippen LogP) is 0.980. The zero-order chi connectivity index (χ0) is 21.2. The van der Waals surface area contributed by atoms with Crippen molar-refractivity contribution in [1.82, 2.24) is 4.98 Å². The molecule has 0 bridgehead atoms. The molecule has 0 saturated carbocycles. The summed E-state index contributed by atoms with van der Waals surface area (Å²) >= 11 is 0. The van der Waals surface area contributed by atoms with Crippen molar-refractivity contribution in [2.45, 2.75) is 45.4 Å². The second kappa shape index (κ2) is 13.4. The summed E-state index contributed by atoms with van der Waals surface area (Å²) in [5, 5.41) is 10.5. The van der Waals surface area contributed by atoms with Gasteiger partial charge in [0.25, 0.3) is 6.01 Å². The largest absolute Gasteiger partial charge is 1.00 e. The molecule has 0 radical (unpaired) electrons. The van der Waals surface area contributed by atoms with E-state index in [1.54, 1.807) is 12.1 Å². The van der Waals surface area contributed by atoms with E-state index < -0.39 is 12.6 Å². The quantitative estimate of drug-likeness (QED) is 0.296. The van der Waals surface area contributed by atoms with E-state index in [0.29, 0.717) is 11.8 Å². The summed E-state index contributed by atoms with van der Waals surface area (Å²) in [6.07, 6.45) is 6.90. The number of hydrogen-bond donors (Lipinski definition) is 0. The SMILES string of the molecule is CCCCCCCN(CCc1ccc(OCC(=O)[O-])cc1)c1nc2ccccc2o1.[Na+]. The van der Waals surface area contributed by atoms with Crippen molar-refractivity contribution in [2.75, 3.05) is 24.6 Å². The van der Waals surface area contributed by atoms with Crippen molar-refractivity contribution in [3.63, 3.8) is 0 Å². The van der Waals surface area contributed by atoms with E-state index in [0.717, 1.165) is 42.6 Å². The van der Waals surface area contributed by atoms with Crippen LogP contribution in [0.3, 0.4) is 0 Å². The molecule has 0 saturated heterocycles. The molecule has 0 amide bonds. The Morgan fingerprint density at radius 2 is 1.77 bits per heavy atom. The summed E-state index contributed by atoms with van der Waals surface area (Å²) in [7, 11) is 0. The van der Waals surface area contributed by atoms with Crippen LogP contribution in [0, 0.1) is 0 Å². The molecule has 3 aromatic rings. The zero-order valence-corrected chi connectivity index (χ0v) is 20.5. The van der Waals surface area contributed by atoms with Gasteiger partial charge in [0.05, 0.1) is 5.97 Å². The van der Waals surface area contributed by atoms with Crippen LogP contribution in [0.4, 0.5) is 6.01 Å². The second-order valence-corrected chi connectivity index (χ2v) is 7.42. The average Bonchev–Trinajstić information content (AvgIpc) is 3.19. The van der Waals surface area contributed by atoms with Crippen LogP contribution in [0.5, 0.6) is 5.75 Å². The van der Waals surface area contributed by atoms with Gasteiger partial charge in [-0.05, 0) is 42.7 Å². The maximum Gasteiger partial charge on any atom is 1.00 e. The molecule has 7 heteroatoms. The minimum Gasteiger partial charge on any atom is -0.546 e. The number of benzene rings is 2. The number of aromatic nitrogens is 1. The molecular formula is C24H29N2NaO4. The normalized spacial score (nSPS) is 10.6. The fraction of sp³-hybridized carbons (Fsp3) is 0.417. The topological polar surface area (TPSA) is 78.6 Å². The van der Waals surface area contributed by atoms with Gasteiger partial charge in [0.15, 0.2) is 5.58 Å². The molecule has 160 valence electrons. The van der Waals surface area contributed by atoms with E-state index in [2.05, 4.69) is 16.8 Å². The Hall–Kier alpha value is -2.02. The number of oxazole rings is 1. The summed E-state index contributed by atoms with van der Waals surface area (Å²) in [5.41, 5.74) is 2.82. The van der Waals surface area contributed by atoms with Gasteiger partial charge in [-0.15, -0.1) is 0 Å². The van der Waals surface area contributed by atoms with E-state index in [9.17, 15) is 9.90 Å². The van der Waals surface area contributed by atoms with E-state index >= 15 is 0 Å². The maximum absolute atomic E-state index is 10.5. The van der Waals surface area contributed by atoms with Gasteiger partial charge in [0.2, 0.25) is 0 Å². The number of nitrogens with zero attached hydrogens (tertiary/aromatic N) is 2. The van der Waals surface area contributed by atoms with Gasteiger partial charge < -0.3 is 24.0 Å². The maximum atomic E-state index is 10.5. The van der Waals surface area contributed by atoms with Crippen LogP contribution in [0.2, 0.25) is 0 Å². The van der Waals surface area contributed by atoms with Gasteiger partial charge in [0, 0.05) is 13.1 Å². The molecule has 0 aliphatic rings. The fourth-order valence-corrected chi connectivity index (χ4v) is 3.36. The number of anilines is 1. The van der Waals surface area contributed by atoms with Gasteiger partial charge in [-0.25, -0.2) is 0 Å². The number of unbranched alkanes of at least 4 members (excludes halogenated alkanes) is 4. The molecule has 0 fully saturated rings. The summed E-state index contributed by atoms with van der Waals surface area (Å²) in [6.45, 7) is 3.48. The molecule has 0 aliphatic heterocycles.